The summed E-state index contributed by atoms with van der Waals surface area (Å²) < 4.78 is 44.2. The van der Waals surface area contributed by atoms with E-state index in [9.17, 15) is 19.1 Å². The van der Waals surface area contributed by atoms with Crippen molar-refractivity contribution < 1.29 is 42.8 Å². The molecule has 5 fully saturated rings. The van der Waals surface area contributed by atoms with E-state index in [-0.39, 0.29) is 48.2 Å². The minimum absolute atomic E-state index is 0.00191. The average Bonchev–Trinajstić information content (AvgIpc) is 3.81. The molecule has 4 aliphatic heterocycles. The van der Waals surface area contributed by atoms with Crippen molar-refractivity contribution in [3.05, 3.63) is 40.7 Å². The fourth-order valence-electron chi connectivity index (χ4n) is 9.52. The molecule has 8 rings (SSSR count). The summed E-state index contributed by atoms with van der Waals surface area (Å²) in [4.78, 5) is 24.8. The first kappa shape index (κ1) is 24.3. The highest BCUT2D eigenvalue weighted by molar-refractivity contribution is 5.95. The van der Waals surface area contributed by atoms with Crippen molar-refractivity contribution in [2.45, 2.75) is 80.7 Å². The summed E-state index contributed by atoms with van der Waals surface area (Å²) in [6.07, 6.45) is 1.12. The second-order valence-corrected chi connectivity index (χ2v) is 12.8. The van der Waals surface area contributed by atoms with E-state index < -0.39 is 39.6 Å². The number of fused-ring (bicyclic) bond motifs is 4. The standard InChI is InChI=1S/C29H32FNO8/c1-13(2)27-21(38-27)22-29(39-22)25(3)8-7-15-17(11-36-24(15)33)18(25)10-20-28(29,37-20)26(27,34)12-31-19-6-5-14(30)9-16(19)23(32)35-4/h5-6,9,13,18,20-22,31,34H,7-8,10-12H2,1-4H3/t18-,20-,21-,22-,25-,26-,27-,28+,29+/m0/s1. The highest BCUT2D eigenvalue weighted by atomic mass is 19.1. The Balaban J connectivity index is 1.22. The molecule has 1 aromatic carbocycles. The Bertz CT molecular complexity index is 1390. The van der Waals surface area contributed by atoms with Gasteiger partial charge in [-0.3, -0.25) is 0 Å². The van der Waals surface area contributed by atoms with Crippen molar-refractivity contribution in [1.29, 1.82) is 0 Å². The van der Waals surface area contributed by atoms with Gasteiger partial charge in [-0.05, 0) is 54.9 Å². The van der Waals surface area contributed by atoms with E-state index in [2.05, 4.69) is 12.2 Å². The number of cyclic esters (lactones) is 1. The van der Waals surface area contributed by atoms with Crippen molar-refractivity contribution in [3.63, 3.8) is 0 Å². The molecular weight excluding hydrogens is 509 g/mol. The lowest BCUT2D eigenvalue weighted by Gasteiger charge is -2.56. The third kappa shape index (κ3) is 2.41. The van der Waals surface area contributed by atoms with Crippen LogP contribution >= 0.6 is 0 Å². The number of rotatable bonds is 5. The first-order chi connectivity index (χ1) is 18.5. The Labute approximate surface area is 224 Å². The Morgan fingerprint density at radius 2 is 2.03 bits per heavy atom. The van der Waals surface area contributed by atoms with E-state index in [1.54, 1.807) is 0 Å². The van der Waals surface area contributed by atoms with Crippen molar-refractivity contribution in [1.82, 2.24) is 0 Å². The summed E-state index contributed by atoms with van der Waals surface area (Å²) in [5.41, 5.74) is -2.43. The predicted molar refractivity (Wildman–Crippen MR) is 132 cm³/mol. The van der Waals surface area contributed by atoms with E-state index in [0.29, 0.717) is 25.1 Å². The molecule has 3 aliphatic carbocycles. The molecule has 0 aromatic heterocycles. The van der Waals surface area contributed by atoms with Gasteiger partial charge in [0.1, 0.15) is 41.4 Å². The molecule has 1 aromatic rings. The molecule has 10 heteroatoms. The first-order valence-electron chi connectivity index (χ1n) is 13.8. The van der Waals surface area contributed by atoms with Gasteiger partial charge in [0, 0.05) is 23.2 Å². The number of aliphatic hydroxyl groups is 1. The van der Waals surface area contributed by atoms with Crippen molar-refractivity contribution in [2.24, 2.45) is 17.3 Å². The summed E-state index contributed by atoms with van der Waals surface area (Å²) in [7, 11) is 1.24. The largest absolute Gasteiger partial charge is 0.465 e. The number of hydrogen-bond acceptors (Lipinski definition) is 9. The highest BCUT2D eigenvalue weighted by Crippen LogP contribution is 2.85. The van der Waals surface area contributed by atoms with Crippen LogP contribution in [0.4, 0.5) is 10.1 Å². The third-order valence-corrected chi connectivity index (χ3v) is 11.3. The zero-order valence-electron chi connectivity index (χ0n) is 22.3. The Kier molecular flexibility index (Phi) is 4.37. The number of esters is 2. The molecule has 9 nitrogen and oxygen atoms in total. The number of carbonyl (C=O) groups is 2. The zero-order valence-corrected chi connectivity index (χ0v) is 22.3. The Hall–Kier alpha value is -2.53. The predicted octanol–water partition coefficient (Wildman–Crippen LogP) is 2.51. The van der Waals surface area contributed by atoms with Crippen LogP contribution in [0, 0.1) is 23.1 Å². The third-order valence-electron chi connectivity index (χ3n) is 11.3. The summed E-state index contributed by atoms with van der Waals surface area (Å²) in [5.74, 6) is -1.48. The molecule has 0 unspecified atom stereocenters. The molecule has 3 saturated heterocycles. The van der Waals surface area contributed by atoms with Crippen LogP contribution < -0.4 is 5.32 Å². The normalized spacial score (nSPS) is 47.6. The van der Waals surface area contributed by atoms with Crippen LogP contribution in [0.15, 0.2) is 29.3 Å². The zero-order chi connectivity index (χ0) is 27.3. The molecule has 7 aliphatic rings. The van der Waals surface area contributed by atoms with E-state index in [1.807, 2.05) is 13.8 Å². The highest BCUT2D eigenvalue weighted by Gasteiger charge is 3.04. The van der Waals surface area contributed by atoms with Gasteiger partial charge in [0.15, 0.2) is 5.60 Å². The van der Waals surface area contributed by atoms with Gasteiger partial charge in [0.25, 0.3) is 0 Å². The molecule has 39 heavy (non-hydrogen) atoms. The minimum Gasteiger partial charge on any atom is -0.465 e. The average molecular weight is 542 g/mol. The number of ether oxygens (including phenoxy) is 5. The number of nitrogens with one attached hydrogen (secondary N) is 1. The number of benzene rings is 1. The number of carbonyl (C=O) groups excluding carboxylic acids is 2. The molecule has 2 N–H and O–H groups in total. The molecular formula is C29H32FNO8. The molecule has 0 radical (unpaired) electrons. The lowest BCUT2D eigenvalue weighted by Crippen LogP contribution is -2.77. The molecule has 0 amide bonds. The minimum atomic E-state index is -1.52. The molecule has 2 saturated carbocycles. The van der Waals surface area contributed by atoms with Crippen LogP contribution in [0.5, 0.6) is 0 Å². The van der Waals surface area contributed by atoms with Crippen LogP contribution in [0.25, 0.3) is 0 Å². The van der Waals surface area contributed by atoms with Crippen molar-refractivity contribution in [2.75, 3.05) is 25.6 Å². The smallest absolute Gasteiger partial charge is 0.340 e. The monoisotopic (exact) mass is 541 g/mol. The second kappa shape index (κ2) is 7.02. The maximum atomic E-state index is 14.0. The summed E-state index contributed by atoms with van der Waals surface area (Å²) in [6, 6.07) is 3.85. The molecule has 4 heterocycles. The maximum absolute atomic E-state index is 14.0. The topological polar surface area (TPSA) is 122 Å². The van der Waals surface area contributed by atoms with Crippen LogP contribution in [-0.4, -0.2) is 78.0 Å². The SMILES string of the molecule is COC(=O)c1cc(F)ccc1NC[C@@]1(O)[C@]23O[C@H]2C[C@H]2C4=C(CC[C@]2(C)[C@@]32O[C@H]2[C@@H]2O[C@@]21C(C)C)C(=O)OC4. The lowest BCUT2D eigenvalue weighted by atomic mass is 9.44. The Morgan fingerprint density at radius 3 is 2.77 bits per heavy atom. The van der Waals surface area contributed by atoms with E-state index in [1.165, 1.54) is 19.2 Å². The molecule has 208 valence electrons. The number of methoxy groups -OCH3 is 1. The summed E-state index contributed by atoms with van der Waals surface area (Å²) in [6.45, 7) is 6.56. The lowest BCUT2D eigenvalue weighted by molar-refractivity contribution is -0.159. The van der Waals surface area contributed by atoms with E-state index >= 15 is 0 Å². The fourth-order valence-corrected chi connectivity index (χ4v) is 9.52. The quantitative estimate of drug-likeness (QED) is 0.428. The van der Waals surface area contributed by atoms with Crippen LogP contribution in [0.2, 0.25) is 0 Å². The first-order valence-corrected chi connectivity index (χ1v) is 13.8. The summed E-state index contributed by atoms with van der Waals surface area (Å²) >= 11 is 0. The number of halogens is 1. The van der Waals surface area contributed by atoms with Gasteiger partial charge in [-0.25, -0.2) is 14.0 Å². The van der Waals surface area contributed by atoms with Gasteiger partial charge in [0.2, 0.25) is 0 Å². The summed E-state index contributed by atoms with van der Waals surface area (Å²) in [5, 5.41) is 16.2. The number of epoxide rings is 3. The molecule has 9 atom stereocenters. The number of hydrogen-bond donors (Lipinski definition) is 2. The van der Waals surface area contributed by atoms with Gasteiger partial charge in [0.05, 0.1) is 18.8 Å². The van der Waals surface area contributed by atoms with Crippen molar-refractivity contribution >= 4 is 17.6 Å². The van der Waals surface area contributed by atoms with Crippen LogP contribution in [0.1, 0.15) is 50.4 Å². The Morgan fingerprint density at radius 1 is 1.23 bits per heavy atom. The van der Waals surface area contributed by atoms with Gasteiger partial charge in [-0.2, -0.15) is 0 Å². The van der Waals surface area contributed by atoms with Crippen LogP contribution in [0.3, 0.4) is 0 Å². The van der Waals surface area contributed by atoms with Gasteiger partial charge < -0.3 is 34.1 Å². The van der Waals surface area contributed by atoms with Crippen LogP contribution in [-0.2, 0) is 28.5 Å². The van der Waals surface area contributed by atoms with Gasteiger partial charge in [-0.15, -0.1) is 0 Å². The fraction of sp³-hybridized carbons (Fsp3) is 0.655. The maximum Gasteiger partial charge on any atom is 0.340 e. The second-order valence-electron chi connectivity index (χ2n) is 12.8. The van der Waals surface area contributed by atoms with E-state index in [4.69, 9.17) is 23.7 Å². The molecule has 0 bridgehead atoms. The number of anilines is 1. The van der Waals surface area contributed by atoms with Crippen molar-refractivity contribution in [3.8, 4) is 0 Å². The van der Waals surface area contributed by atoms with E-state index in [0.717, 1.165) is 23.6 Å². The van der Waals surface area contributed by atoms with Gasteiger partial charge >= 0.3 is 11.9 Å². The van der Waals surface area contributed by atoms with Gasteiger partial charge in [-0.1, -0.05) is 20.8 Å². The molecule has 2 spiro atoms.